The summed E-state index contributed by atoms with van der Waals surface area (Å²) in [5.41, 5.74) is 0. The van der Waals surface area contributed by atoms with Crippen LogP contribution in [-0.4, -0.2) is 19.3 Å². The molecule has 0 bridgehead atoms. The van der Waals surface area contributed by atoms with Crippen molar-refractivity contribution >= 4 is 0 Å². The molecule has 4 nitrogen and oxygen atoms in total. The van der Waals surface area contributed by atoms with E-state index < -0.39 is 0 Å². The fourth-order valence-electron chi connectivity index (χ4n) is 1.17. The summed E-state index contributed by atoms with van der Waals surface area (Å²) < 4.78 is 3.86. The van der Waals surface area contributed by atoms with Crippen LogP contribution >= 0.6 is 0 Å². The van der Waals surface area contributed by atoms with Gasteiger partial charge in [-0.15, -0.1) is 0 Å². The smallest absolute Gasteiger partial charge is 0.128 e. The van der Waals surface area contributed by atoms with Crippen molar-refractivity contribution in [3.63, 3.8) is 0 Å². The number of nitrogens with zero attached hydrogens (tertiary/aromatic N) is 4. The summed E-state index contributed by atoms with van der Waals surface area (Å²) in [6.07, 6.45) is 10.0. The maximum absolute atomic E-state index is 4.20. The van der Waals surface area contributed by atoms with Gasteiger partial charge in [-0.1, -0.05) is 6.92 Å². The highest BCUT2D eigenvalue weighted by Crippen LogP contribution is 1.98. The van der Waals surface area contributed by atoms with Gasteiger partial charge in [0.2, 0.25) is 0 Å². The lowest BCUT2D eigenvalue weighted by molar-refractivity contribution is 0.618. The van der Waals surface area contributed by atoms with Crippen molar-refractivity contribution in [2.45, 2.75) is 13.3 Å². The van der Waals surface area contributed by atoms with Crippen molar-refractivity contribution in [1.82, 2.24) is 19.3 Å². The van der Waals surface area contributed by atoms with E-state index in [1.165, 1.54) is 0 Å². The molecular formula is C8H10N4. The summed E-state index contributed by atoms with van der Waals surface area (Å²) >= 11 is 0. The third-order valence-corrected chi connectivity index (χ3v) is 1.75. The third-order valence-electron chi connectivity index (χ3n) is 1.75. The topological polar surface area (TPSA) is 35.6 Å². The van der Waals surface area contributed by atoms with Crippen LogP contribution in [0, 0.1) is 0 Å². The Balaban J connectivity index is 2.46. The van der Waals surface area contributed by atoms with Crippen molar-refractivity contribution in [2.75, 3.05) is 0 Å². The molecule has 0 unspecified atom stereocenters. The van der Waals surface area contributed by atoms with Crippen LogP contribution < -0.4 is 0 Å². The Bertz CT molecular complexity index is 347. The van der Waals surface area contributed by atoms with Crippen LogP contribution in [0.2, 0.25) is 0 Å². The number of aryl methyl sites for hydroxylation is 1. The lowest BCUT2D eigenvalue weighted by atomic mass is 10.5. The molecule has 0 amide bonds. The molecule has 12 heavy (non-hydrogen) atoms. The second-order valence-corrected chi connectivity index (χ2v) is 2.48. The summed E-state index contributed by atoms with van der Waals surface area (Å²) in [7, 11) is 0. The number of imidazole rings is 2. The van der Waals surface area contributed by atoms with Gasteiger partial charge in [-0.05, 0) is 0 Å². The van der Waals surface area contributed by atoms with Crippen LogP contribution in [-0.2, 0) is 6.42 Å². The first-order valence-electron chi connectivity index (χ1n) is 3.92. The van der Waals surface area contributed by atoms with Gasteiger partial charge in [0, 0.05) is 31.2 Å². The van der Waals surface area contributed by atoms with Crippen LogP contribution in [0.5, 0.6) is 0 Å². The number of rotatable bonds is 2. The van der Waals surface area contributed by atoms with Crippen LogP contribution in [0.1, 0.15) is 12.7 Å². The van der Waals surface area contributed by atoms with Gasteiger partial charge in [-0.3, -0.25) is 0 Å². The molecule has 0 aromatic carbocycles. The van der Waals surface area contributed by atoms with E-state index in [-0.39, 0.29) is 0 Å². The highest BCUT2D eigenvalue weighted by molar-refractivity contribution is 4.93. The van der Waals surface area contributed by atoms with Gasteiger partial charge < -0.3 is 0 Å². The van der Waals surface area contributed by atoms with Gasteiger partial charge >= 0.3 is 0 Å². The van der Waals surface area contributed by atoms with E-state index in [0.29, 0.717) is 0 Å². The van der Waals surface area contributed by atoms with Crippen LogP contribution in [0.25, 0.3) is 0 Å². The molecule has 0 aliphatic heterocycles. The first kappa shape index (κ1) is 7.09. The SMILES string of the molecule is CCc1nccn1-n1ccnc1. The van der Waals surface area contributed by atoms with Crippen LogP contribution in [0.3, 0.4) is 0 Å². The van der Waals surface area contributed by atoms with Crippen LogP contribution in [0.4, 0.5) is 0 Å². The fraction of sp³-hybridized carbons (Fsp3) is 0.250. The summed E-state index contributed by atoms with van der Waals surface area (Å²) in [6.45, 7) is 2.08. The normalized spacial score (nSPS) is 10.4. The zero-order valence-electron chi connectivity index (χ0n) is 6.88. The largest absolute Gasteiger partial charge is 0.243 e. The zero-order chi connectivity index (χ0) is 8.39. The molecule has 0 N–H and O–H groups in total. The number of hydrogen-bond acceptors (Lipinski definition) is 2. The quantitative estimate of drug-likeness (QED) is 0.659. The maximum Gasteiger partial charge on any atom is 0.128 e. The molecule has 4 heteroatoms. The van der Waals surface area contributed by atoms with E-state index in [4.69, 9.17) is 0 Å². The second-order valence-electron chi connectivity index (χ2n) is 2.48. The van der Waals surface area contributed by atoms with Crippen molar-refractivity contribution < 1.29 is 0 Å². The Morgan fingerprint density at radius 3 is 2.92 bits per heavy atom. The van der Waals surface area contributed by atoms with Crippen molar-refractivity contribution in [1.29, 1.82) is 0 Å². The Morgan fingerprint density at radius 1 is 1.33 bits per heavy atom. The molecule has 2 aromatic heterocycles. The number of aromatic nitrogens is 4. The molecule has 0 saturated carbocycles. The Hall–Kier alpha value is -1.58. The Labute approximate surface area is 70.5 Å². The van der Waals surface area contributed by atoms with Gasteiger partial charge in [0.25, 0.3) is 0 Å². The zero-order valence-corrected chi connectivity index (χ0v) is 6.88. The van der Waals surface area contributed by atoms with Crippen molar-refractivity contribution in [2.24, 2.45) is 0 Å². The molecule has 0 aliphatic rings. The molecular weight excluding hydrogens is 152 g/mol. The van der Waals surface area contributed by atoms with Gasteiger partial charge in [-0.2, -0.15) is 0 Å². The molecule has 62 valence electrons. The van der Waals surface area contributed by atoms with Gasteiger partial charge in [0.1, 0.15) is 12.2 Å². The Morgan fingerprint density at radius 2 is 2.25 bits per heavy atom. The Kier molecular flexibility index (Phi) is 1.66. The minimum absolute atomic E-state index is 0.922. The van der Waals surface area contributed by atoms with Crippen molar-refractivity contribution in [3.8, 4) is 0 Å². The first-order chi connectivity index (χ1) is 5.92. The maximum atomic E-state index is 4.20. The lowest BCUT2D eigenvalue weighted by Crippen LogP contribution is -2.08. The fourth-order valence-corrected chi connectivity index (χ4v) is 1.17. The molecule has 2 rings (SSSR count). The monoisotopic (exact) mass is 162 g/mol. The average Bonchev–Trinajstić information content (AvgIpc) is 2.74. The summed E-state index contributed by atoms with van der Waals surface area (Å²) in [5.74, 6) is 1.04. The van der Waals surface area contributed by atoms with Crippen LogP contribution in [0.15, 0.2) is 31.1 Å². The molecule has 0 saturated heterocycles. The highest BCUT2D eigenvalue weighted by atomic mass is 15.5. The molecule has 0 spiro atoms. The molecule has 2 heterocycles. The second kappa shape index (κ2) is 2.81. The van der Waals surface area contributed by atoms with E-state index in [0.717, 1.165) is 12.2 Å². The van der Waals surface area contributed by atoms with E-state index >= 15 is 0 Å². The van der Waals surface area contributed by atoms with E-state index in [1.54, 1.807) is 18.7 Å². The molecule has 0 atom stereocenters. The van der Waals surface area contributed by atoms with E-state index in [2.05, 4.69) is 16.9 Å². The summed E-state index contributed by atoms with van der Waals surface area (Å²) in [4.78, 5) is 8.17. The predicted molar refractivity (Wildman–Crippen MR) is 44.6 cm³/mol. The summed E-state index contributed by atoms with van der Waals surface area (Å²) in [6, 6.07) is 0. The van der Waals surface area contributed by atoms with E-state index in [1.807, 2.05) is 21.7 Å². The lowest BCUT2D eigenvalue weighted by Gasteiger charge is -2.05. The van der Waals surface area contributed by atoms with E-state index in [9.17, 15) is 0 Å². The first-order valence-corrected chi connectivity index (χ1v) is 3.92. The molecule has 0 fully saturated rings. The predicted octanol–water partition coefficient (Wildman–Crippen LogP) is 0.953. The minimum Gasteiger partial charge on any atom is -0.243 e. The highest BCUT2D eigenvalue weighted by Gasteiger charge is 1.99. The molecule has 0 aliphatic carbocycles. The third kappa shape index (κ3) is 1.01. The molecule has 2 aromatic rings. The number of hydrogen-bond donors (Lipinski definition) is 0. The molecule has 0 radical (unpaired) electrons. The van der Waals surface area contributed by atoms with Gasteiger partial charge in [0.15, 0.2) is 0 Å². The van der Waals surface area contributed by atoms with Crippen molar-refractivity contribution in [3.05, 3.63) is 36.9 Å². The average molecular weight is 162 g/mol. The summed E-state index contributed by atoms with van der Waals surface area (Å²) in [5, 5.41) is 0. The van der Waals surface area contributed by atoms with Gasteiger partial charge in [0.05, 0.1) is 0 Å². The minimum atomic E-state index is 0.922. The standard InChI is InChI=1S/C8H10N4/c1-2-8-10-4-6-12(8)11-5-3-9-7-11/h3-7H,2H2,1H3. The van der Waals surface area contributed by atoms with Gasteiger partial charge in [-0.25, -0.2) is 19.3 Å².